The van der Waals surface area contributed by atoms with Crippen LogP contribution in [0.25, 0.3) is 0 Å². The van der Waals surface area contributed by atoms with Gasteiger partial charge in [-0.15, -0.1) is 0 Å². The van der Waals surface area contributed by atoms with Crippen molar-refractivity contribution in [1.29, 1.82) is 0 Å². The highest BCUT2D eigenvalue weighted by Crippen LogP contribution is 2.32. The van der Waals surface area contributed by atoms with E-state index in [1.54, 1.807) is 12.1 Å². The van der Waals surface area contributed by atoms with E-state index in [0.29, 0.717) is 5.92 Å². The third kappa shape index (κ3) is 2.22. The number of nitrogens with two attached hydrogens (primary N) is 1. The summed E-state index contributed by atoms with van der Waals surface area (Å²) < 4.78 is 0. The number of hydrogen-bond acceptors (Lipinski definition) is 3. The molecule has 0 spiro atoms. The van der Waals surface area contributed by atoms with Crippen LogP contribution in [0.3, 0.4) is 0 Å². The van der Waals surface area contributed by atoms with Crippen LogP contribution in [0.5, 0.6) is 0 Å². The minimum absolute atomic E-state index is 0.146. The van der Waals surface area contributed by atoms with Crippen molar-refractivity contribution in [3.05, 3.63) is 39.9 Å². The first-order chi connectivity index (χ1) is 7.68. The standard InChI is InChI=1S/C12H16N2O2/c13-12-4-2-1-3-11(12)9-5-7-10(8-6-9)14(15)16/h5-8,11-12H,1-4,13H2. The highest BCUT2D eigenvalue weighted by Gasteiger charge is 2.23. The van der Waals surface area contributed by atoms with Gasteiger partial charge in [0.2, 0.25) is 0 Å². The van der Waals surface area contributed by atoms with Crippen molar-refractivity contribution in [2.45, 2.75) is 37.6 Å². The first-order valence-electron chi connectivity index (χ1n) is 5.68. The molecule has 1 aromatic carbocycles. The van der Waals surface area contributed by atoms with Crippen molar-refractivity contribution in [2.24, 2.45) is 5.73 Å². The molecule has 86 valence electrons. The lowest BCUT2D eigenvalue weighted by Crippen LogP contribution is -2.31. The molecule has 4 heteroatoms. The maximum absolute atomic E-state index is 10.5. The van der Waals surface area contributed by atoms with Crippen molar-refractivity contribution >= 4 is 5.69 Å². The first kappa shape index (κ1) is 11.1. The Balaban J connectivity index is 2.17. The second-order valence-electron chi connectivity index (χ2n) is 4.40. The zero-order valence-electron chi connectivity index (χ0n) is 9.13. The van der Waals surface area contributed by atoms with E-state index in [-0.39, 0.29) is 16.7 Å². The maximum Gasteiger partial charge on any atom is 0.269 e. The normalized spacial score (nSPS) is 25.3. The van der Waals surface area contributed by atoms with Crippen LogP contribution in [0.4, 0.5) is 5.69 Å². The number of hydrogen-bond donors (Lipinski definition) is 1. The quantitative estimate of drug-likeness (QED) is 0.615. The van der Waals surface area contributed by atoms with Gasteiger partial charge in [0.15, 0.2) is 0 Å². The minimum Gasteiger partial charge on any atom is -0.327 e. The smallest absolute Gasteiger partial charge is 0.269 e. The van der Waals surface area contributed by atoms with Crippen molar-refractivity contribution in [3.63, 3.8) is 0 Å². The highest BCUT2D eigenvalue weighted by atomic mass is 16.6. The average molecular weight is 220 g/mol. The predicted molar refractivity (Wildman–Crippen MR) is 62.3 cm³/mol. The molecular weight excluding hydrogens is 204 g/mol. The van der Waals surface area contributed by atoms with Crippen molar-refractivity contribution in [3.8, 4) is 0 Å². The first-order valence-corrected chi connectivity index (χ1v) is 5.68. The summed E-state index contributed by atoms with van der Waals surface area (Å²) in [6.45, 7) is 0. The van der Waals surface area contributed by atoms with E-state index < -0.39 is 0 Å². The number of nitrogens with zero attached hydrogens (tertiary/aromatic N) is 1. The van der Waals surface area contributed by atoms with Gasteiger partial charge < -0.3 is 5.73 Å². The summed E-state index contributed by atoms with van der Waals surface area (Å²) in [5, 5.41) is 10.5. The third-order valence-corrected chi connectivity index (χ3v) is 3.35. The highest BCUT2D eigenvalue weighted by molar-refractivity contribution is 5.35. The van der Waals surface area contributed by atoms with Gasteiger partial charge in [-0.3, -0.25) is 10.1 Å². The van der Waals surface area contributed by atoms with Crippen LogP contribution in [0.1, 0.15) is 37.2 Å². The molecule has 16 heavy (non-hydrogen) atoms. The Morgan fingerprint density at radius 3 is 2.38 bits per heavy atom. The van der Waals surface area contributed by atoms with Gasteiger partial charge in [-0.05, 0) is 24.3 Å². The Morgan fingerprint density at radius 1 is 1.19 bits per heavy atom. The molecule has 2 N–H and O–H groups in total. The van der Waals surface area contributed by atoms with Crippen molar-refractivity contribution in [1.82, 2.24) is 0 Å². The van der Waals surface area contributed by atoms with Crippen LogP contribution >= 0.6 is 0 Å². The Kier molecular flexibility index (Phi) is 3.19. The number of benzene rings is 1. The largest absolute Gasteiger partial charge is 0.327 e. The number of rotatable bonds is 2. The number of nitro groups is 1. The van der Waals surface area contributed by atoms with E-state index in [9.17, 15) is 10.1 Å². The van der Waals surface area contributed by atoms with Crippen LogP contribution < -0.4 is 5.73 Å². The van der Waals surface area contributed by atoms with Crippen LogP contribution in [-0.2, 0) is 0 Å². The van der Waals surface area contributed by atoms with Crippen LogP contribution in [0, 0.1) is 10.1 Å². The molecule has 0 radical (unpaired) electrons. The Morgan fingerprint density at radius 2 is 1.81 bits per heavy atom. The van der Waals surface area contributed by atoms with E-state index in [4.69, 9.17) is 5.73 Å². The van der Waals surface area contributed by atoms with Crippen molar-refractivity contribution in [2.75, 3.05) is 0 Å². The minimum atomic E-state index is -0.370. The summed E-state index contributed by atoms with van der Waals surface area (Å²) >= 11 is 0. The molecule has 1 aliphatic carbocycles. The molecule has 2 unspecified atom stereocenters. The lowest BCUT2D eigenvalue weighted by Gasteiger charge is -2.28. The molecule has 2 rings (SSSR count). The fourth-order valence-electron chi connectivity index (χ4n) is 2.42. The molecule has 1 aromatic rings. The van der Waals surface area contributed by atoms with Gasteiger partial charge in [0.25, 0.3) is 5.69 Å². The van der Waals surface area contributed by atoms with Gasteiger partial charge in [0.1, 0.15) is 0 Å². The molecule has 0 saturated heterocycles. The van der Waals surface area contributed by atoms with Gasteiger partial charge in [-0.2, -0.15) is 0 Å². The van der Waals surface area contributed by atoms with E-state index in [1.165, 1.54) is 12.8 Å². The van der Waals surface area contributed by atoms with Gasteiger partial charge in [-0.1, -0.05) is 25.0 Å². The Hall–Kier alpha value is -1.42. The predicted octanol–water partition coefficient (Wildman–Crippen LogP) is 2.58. The lowest BCUT2D eigenvalue weighted by atomic mass is 9.80. The average Bonchev–Trinajstić information content (AvgIpc) is 2.30. The third-order valence-electron chi connectivity index (χ3n) is 3.35. The molecule has 0 amide bonds. The van der Waals surface area contributed by atoms with Crippen LogP contribution in [0.15, 0.2) is 24.3 Å². The molecule has 2 atom stereocenters. The molecule has 0 aliphatic heterocycles. The van der Waals surface area contributed by atoms with Crippen LogP contribution in [0.2, 0.25) is 0 Å². The molecule has 0 bridgehead atoms. The van der Waals surface area contributed by atoms with Gasteiger partial charge in [0.05, 0.1) is 4.92 Å². The summed E-state index contributed by atoms with van der Waals surface area (Å²) in [6.07, 6.45) is 4.56. The number of nitro benzene ring substituents is 1. The van der Waals surface area contributed by atoms with Crippen LogP contribution in [-0.4, -0.2) is 11.0 Å². The molecule has 1 saturated carbocycles. The number of non-ortho nitro benzene ring substituents is 1. The monoisotopic (exact) mass is 220 g/mol. The summed E-state index contributed by atoms with van der Waals surface area (Å²) in [7, 11) is 0. The second kappa shape index (κ2) is 4.61. The topological polar surface area (TPSA) is 69.2 Å². The molecule has 1 aliphatic rings. The second-order valence-corrected chi connectivity index (χ2v) is 4.40. The zero-order valence-corrected chi connectivity index (χ0v) is 9.13. The summed E-state index contributed by atoms with van der Waals surface area (Å²) in [5.74, 6) is 0.370. The van der Waals surface area contributed by atoms with Gasteiger partial charge in [0, 0.05) is 18.2 Å². The molecule has 0 aromatic heterocycles. The maximum atomic E-state index is 10.5. The van der Waals surface area contributed by atoms with Gasteiger partial charge in [-0.25, -0.2) is 0 Å². The SMILES string of the molecule is NC1CCCCC1c1ccc([N+](=O)[O-])cc1. The van der Waals surface area contributed by atoms with E-state index in [0.717, 1.165) is 18.4 Å². The summed E-state index contributed by atoms with van der Waals surface area (Å²) in [6, 6.07) is 7.02. The Labute approximate surface area is 94.6 Å². The molecule has 4 nitrogen and oxygen atoms in total. The molecule has 1 fully saturated rings. The molecule has 0 heterocycles. The fraction of sp³-hybridized carbons (Fsp3) is 0.500. The van der Waals surface area contributed by atoms with E-state index >= 15 is 0 Å². The van der Waals surface area contributed by atoms with Gasteiger partial charge >= 0.3 is 0 Å². The lowest BCUT2D eigenvalue weighted by molar-refractivity contribution is -0.384. The fourth-order valence-corrected chi connectivity index (χ4v) is 2.42. The van der Waals surface area contributed by atoms with Crippen molar-refractivity contribution < 1.29 is 4.92 Å². The summed E-state index contributed by atoms with van der Waals surface area (Å²) in [5.41, 5.74) is 7.36. The molecular formula is C12H16N2O2. The zero-order chi connectivity index (χ0) is 11.5. The Bertz CT molecular complexity index is 375. The summed E-state index contributed by atoms with van der Waals surface area (Å²) in [4.78, 5) is 10.2. The van der Waals surface area contributed by atoms with E-state index in [1.807, 2.05) is 12.1 Å². The van der Waals surface area contributed by atoms with E-state index in [2.05, 4.69) is 0 Å².